The third-order valence-corrected chi connectivity index (χ3v) is 4.39. The van der Waals surface area contributed by atoms with Gasteiger partial charge in [-0.05, 0) is 50.4 Å². The largest absolute Gasteiger partial charge is 0.388 e. The molecule has 2 heterocycles. The molecule has 0 aromatic carbocycles. The Labute approximate surface area is 117 Å². The maximum absolute atomic E-state index is 10.0. The van der Waals surface area contributed by atoms with Gasteiger partial charge in [0.2, 0.25) is 0 Å². The predicted molar refractivity (Wildman–Crippen MR) is 79.1 cm³/mol. The highest BCUT2D eigenvalue weighted by Gasteiger charge is 2.18. The molecular formula is C16H28N2O. The first-order valence-electron chi connectivity index (χ1n) is 7.62. The van der Waals surface area contributed by atoms with Crippen LogP contribution in [0.1, 0.15) is 51.2 Å². The summed E-state index contributed by atoms with van der Waals surface area (Å²) in [6.07, 6.45) is 9.14. The molecule has 2 atom stereocenters. The van der Waals surface area contributed by atoms with Gasteiger partial charge in [-0.2, -0.15) is 0 Å². The fourth-order valence-electron chi connectivity index (χ4n) is 2.97. The fourth-order valence-corrected chi connectivity index (χ4v) is 2.97. The van der Waals surface area contributed by atoms with Crippen LogP contribution in [0.2, 0.25) is 0 Å². The zero-order chi connectivity index (χ0) is 13.8. The van der Waals surface area contributed by atoms with Crippen molar-refractivity contribution >= 4 is 0 Å². The van der Waals surface area contributed by atoms with Crippen molar-refractivity contribution in [2.45, 2.75) is 58.2 Å². The van der Waals surface area contributed by atoms with E-state index in [9.17, 15) is 5.11 Å². The zero-order valence-corrected chi connectivity index (χ0v) is 12.5. The van der Waals surface area contributed by atoms with Gasteiger partial charge in [-0.1, -0.05) is 20.3 Å². The Morgan fingerprint density at radius 1 is 1.37 bits per heavy atom. The summed E-state index contributed by atoms with van der Waals surface area (Å²) in [6, 6.07) is 2.78. The molecule has 19 heavy (non-hydrogen) atoms. The number of aliphatic hydroxyl groups excluding tert-OH is 1. The van der Waals surface area contributed by atoms with Crippen LogP contribution in [0.15, 0.2) is 18.5 Å². The second-order valence-corrected chi connectivity index (χ2v) is 6.29. The molecule has 0 bridgehead atoms. The maximum Gasteiger partial charge on any atom is 0.0827 e. The molecule has 1 fully saturated rings. The normalized spacial score (nSPS) is 22.9. The highest BCUT2D eigenvalue weighted by Crippen LogP contribution is 2.22. The monoisotopic (exact) mass is 264 g/mol. The van der Waals surface area contributed by atoms with Crippen LogP contribution < -0.4 is 0 Å². The molecule has 1 aromatic rings. The van der Waals surface area contributed by atoms with Gasteiger partial charge in [0, 0.05) is 25.0 Å². The van der Waals surface area contributed by atoms with Crippen molar-refractivity contribution in [2.75, 3.05) is 13.6 Å². The van der Waals surface area contributed by atoms with E-state index < -0.39 is 0 Å². The van der Waals surface area contributed by atoms with E-state index in [4.69, 9.17) is 0 Å². The second kappa shape index (κ2) is 6.58. The van der Waals surface area contributed by atoms with Crippen LogP contribution in [0, 0.1) is 5.92 Å². The summed E-state index contributed by atoms with van der Waals surface area (Å²) in [5.74, 6) is 0.278. The standard InChI is InChI=1S/C16H28N2O/c1-13(2)16(19)14-7-10-18(12-14)11-8-15-6-4-5-9-17(15)3/h7,10,12-13,15-16,19H,4-6,8-9,11H2,1-3H3. The first kappa shape index (κ1) is 14.6. The molecule has 0 saturated carbocycles. The Morgan fingerprint density at radius 3 is 2.84 bits per heavy atom. The number of hydrogen-bond acceptors (Lipinski definition) is 2. The topological polar surface area (TPSA) is 28.4 Å². The van der Waals surface area contributed by atoms with Gasteiger partial charge in [-0.3, -0.25) is 0 Å². The first-order chi connectivity index (χ1) is 9.08. The van der Waals surface area contributed by atoms with Crippen LogP contribution in [-0.4, -0.2) is 34.2 Å². The summed E-state index contributed by atoms with van der Waals surface area (Å²) in [4.78, 5) is 2.50. The van der Waals surface area contributed by atoms with Crippen molar-refractivity contribution in [3.8, 4) is 0 Å². The number of rotatable bonds is 5. The van der Waals surface area contributed by atoms with E-state index in [0.29, 0.717) is 0 Å². The highest BCUT2D eigenvalue weighted by molar-refractivity contribution is 5.14. The maximum atomic E-state index is 10.0. The first-order valence-corrected chi connectivity index (χ1v) is 7.62. The summed E-state index contributed by atoms with van der Waals surface area (Å²) < 4.78 is 2.23. The minimum atomic E-state index is -0.335. The highest BCUT2D eigenvalue weighted by atomic mass is 16.3. The van der Waals surface area contributed by atoms with Gasteiger partial charge >= 0.3 is 0 Å². The lowest BCUT2D eigenvalue weighted by atomic mass is 10.0. The quantitative estimate of drug-likeness (QED) is 0.885. The van der Waals surface area contributed by atoms with Gasteiger partial charge in [-0.15, -0.1) is 0 Å². The van der Waals surface area contributed by atoms with Crippen LogP contribution in [0.5, 0.6) is 0 Å². The van der Waals surface area contributed by atoms with Crippen molar-refractivity contribution in [1.82, 2.24) is 9.47 Å². The molecule has 0 radical (unpaired) electrons. The lowest BCUT2D eigenvalue weighted by molar-refractivity contribution is 0.127. The van der Waals surface area contributed by atoms with Crippen LogP contribution in [0.25, 0.3) is 0 Å². The number of likely N-dealkylation sites (tertiary alicyclic amines) is 1. The van der Waals surface area contributed by atoms with Crippen molar-refractivity contribution in [3.05, 3.63) is 24.0 Å². The number of hydrogen-bond donors (Lipinski definition) is 1. The van der Waals surface area contributed by atoms with Crippen molar-refractivity contribution in [3.63, 3.8) is 0 Å². The lowest BCUT2D eigenvalue weighted by Crippen LogP contribution is -2.36. The van der Waals surface area contributed by atoms with E-state index in [1.54, 1.807) is 0 Å². The summed E-state index contributed by atoms with van der Waals surface area (Å²) in [7, 11) is 2.24. The van der Waals surface area contributed by atoms with Gasteiger partial charge in [-0.25, -0.2) is 0 Å². The Balaban J connectivity index is 1.86. The van der Waals surface area contributed by atoms with Gasteiger partial charge in [0.05, 0.1) is 6.10 Å². The van der Waals surface area contributed by atoms with Crippen LogP contribution in [0.4, 0.5) is 0 Å². The Hall–Kier alpha value is -0.800. The molecule has 0 aliphatic carbocycles. The molecule has 0 amide bonds. The summed E-state index contributed by atoms with van der Waals surface area (Å²) >= 11 is 0. The summed E-state index contributed by atoms with van der Waals surface area (Å²) in [5, 5.41) is 10.0. The van der Waals surface area contributed by atoms with E-state index in [0.717, 1.165) is 18.2 Å². The predicted octanol–water partition coefficient (Wildman–Crippen LogP) is 3.05. The third kappa shape index (κ3) is 3.83. The van der Waals surface area contributed by atoms with Crippen LogP contribution in [-0.2, 0) is 6.54 Å². The van der Waals surface area contributed by atoms with E-state index in [-0.39, 0.29) is 12.0 Å². The van der Waals surface area contributed by atoms with Gasteiger partial charge in [0.1, 0.15) is 0 Å². The average molecular weight is 264 g/mol. The minimum absolute atomic E-state index is 0.278. The summed E-state index contributed by atoms with van der Waals surface area (Å²) in [5.41, 5.74) is 1.05. The molecule has 1 saturated heterocycles. The molecular weight excluding hydrogens is 236 g/mol. The Bertz CT molecular complexity index is 386. The van der Waals surface area contributed by atoms with Crippen LogP contribution in [0.3, 0.4) is 0 Å². The van der Waals surface area contributed by atoms with E-state index in [1.165, 1.54) is 32.2 Å². The molecule has 1 aliphatic heterocycles. The summed E-state index contributed by atoms with van der Waals surface area (Å²) in [6.45, 7) is 6.41. The van der Waals surface area contributed by atoms with Crippen molar-refractivity contribution < 1.29 is 5.11 Å². The van der Waals surface area contributed by atoms with Gasteiger partial charge in [0.25, 0.3) is 0 Å². The second-order valence-electron chi connectivity index (χ2n) is 6.29. The molecule has 2 rings (SSSR count). The number of nitrogens with zero attached hydrogens (tertiary/aromatic N) is 2. The van der Waals surface area contributed by atoms with E-state index in [2.05, 4.69) is 48.8 Å². The van der Waals surface area contributed by atoms with E-state index >= 15 is 0 Å². The van der Waals surface area contributed by atoms with Gasteiger partial charge in [0.15, 0.2) is 0 Å². The molecule has 108 valence electrons. The minimum Gasteiger partial charge on any atom is -0.388 e. The molecule has 1 N–H and O–H groups in total. The van der Waals surface area contributed by atoms with E-state index in [1.807, 2.05) is 0 Å². The zero-order valence-electron chi connectivity index (χ0n) is 12.5. The molecule has 1 aromatic heterocycles. The molecule has 3 nitrogen and oxygen atoms in total. The number of aliphatic hydroxyl groups is 1. The lowest BCUT2D eigenvalue weighted by Gasteiger charge is -2.32. The van der Waals surface area contributed by atoms with Crippen LogP contribution >= 0.6 is 0 Å². The molecule has 1 aliphatic rings. The fraction of sp³-hybridized carbons (Fsp3) is 0.750. The molecule has 3 heteroatoms. The van der Waals surface area contributed by atoms with Gasteiger partial charge < -0.3 is 14.6 Å². The number of piperidine rings is 1. The number of aromatic nitrogens is 1. The molecule has 2 unspecified atom stereocenters. The van der Waals surface area contributed by atoms with Crippen molar-refractivity contribution in [2.24, 2.45) is 5.92 Å². The SMILES string of the molecule is CC(C)C(O)c1ccn(CCC2CCCCN2C)c1. The molecule has 0 spiro atoms. The van der Waals surface area contributed by atoms with Crippen molar-refractivity contribution in [1.29, 1.82) is 0 Å². The Kier molecular flexibility index (Phi) is 5.06. The third-order valence-electron chi connectivity index (χ3n) is 4.39. The number of aryl methyl sites for hydroxylation is 1. The average Bonchev–Trinajstić information content (AvgIpc) is 2.85. The smallest absolute Gasteiger partial charge is 0.0827 e. The Morgan fingerprint density at radius 2 is 2.16 bits per heavy atom.